The molecule has 3 rings (SSSR count). The Morgan fingerprint density at radius 1 is 1.00 bits per heavy atom. The highest BCUT2D eigenvalue weighted by Crippen LogP contribution is 2.40. The van der Waals surface area contributed by atoms with E-state index in [0.29, 0.717) is 24.7 Å². The van der Waals surface area contributed by atoms with Crippen LogP contribution in [0.1, 0.15) is 36.6 Å². The van der Waals surface area contributed by atoms with Crippen molar-refractivity contribution in [3.8, 4) is 17.2 Å². The maximum atomic E-state index is 13.9. The van der Waals surface area contributed by atoms with Gasteiger partial charge in [-0.15, -0.1) is 0 Å². The Balaban J connectivity index is 2.10. The summed E-state index contributed by atoms with van der Waals surface area (Å²) in [5, 5.41) is 3.47. The molecule has 1 aliphatic heterocycles. The Morgan fingerprint density at radius 3 is 2.40 bits per heavy atom. The molecule has 0 radical (unpaired) electrons. The number of ether oxygens (including phenoxy) is 3. The van der Waals surface area contributed by atoms with Crippen molar-refractivity contribution in [3.05, 3.63) is 52.8 Å². The van der Waals surface area contributed by atoms with Crippen LogP contribution < -0.4 is 19.5 Å². The highest BCUT2D eigenvalue weighted by Gasteiger charge is 2.26. The fourth-order valence-corrected chi connectivity index (χ4v) is 3.31. The predicted molar refractivity (Wildman–Crippen MR) is 95.3 cm³/mol. The molecule has 0 aromatic heterocycles. The van der Waals surface area contributed by atoms with Gasteiger partial charge in [-0.3, -0.25) is 0 Å². The van der Waals surface area contributed by atoms with Crippen LogP contribution in [0.15, 0.2) is 30.3 Å². The van der Waals surface area contributed by atoms with Crippen molar-refractivity contribution in [2.24, 2.45) is 0 Å². The standard InChI is InChI=1S/C20H24FNO3/c1-4-24-18-10-13-8-9-22-20(15(13)12-19(18)25-5-2)16-11-14(21)6-7-17(16)23-3/h6-7,10-12,20,22H,4-5,8-9H2,1-3H3. The average molecular weight is 345 g/mol. The molecule has 25 heavy (non-hydrogen) atoms. The summed E-state index contributed by atoms with van der Waals surface area (Å²) in [7, 11) is 1.60. The smallest absolute Gasteiger partial charge is 0.161 e. The van der Waals surface area contributed by atoms with Crippen molar-refractivity contribution < 1.29 is 18.6 Å². The maximum absolute atomic E-state index is 13.9. The first-order chi connectivity index (χ1) is 12.2. The van der Waals surface area contributed by atoms with Gasteiger partial charge in [-0.05, 0) is 61.7 Å². The van der Waals surface area contributed by atoms with Crippen molar-refractivity contribution in [2.75, 3.05) is 26.9 Å². The number of halogens is 1. The third kappa shape index (κ3) is 3.56. The van der Waals surface area contributed by atoms with Crippen LogP contribution in [0.4, 0.5) is 4.39 Å². The zero-order valence-electron chi connectivity index (χ0n) is 14.9. The lowest BCUT2D eigenvalue weighted by Gasteiger charge is -2.29. The summed E-state index contributed by atoms with van der Waals surface area (Å²) >= 11 is 0. The van der Waals surface area contributed by atoms with Gasteiger partial charge in [0.1, 0.15) is 11.6 Å². The highest BCUT2D eigenvalue weighted by molar-refractivity contribution is 5.53. The molecule has 1 aliphatic rings. The Morgan fingerprint density at radius 2 is 1.72 bits per heavy atom. The monoisotopic (exact) mass is 345 g/mol. The third-order valence-electron chi connectivity index (χ3n) is 4.36. The molecule has 0 aliphatic carbocycles. The van der Waals surface area contributed by atoms with Gasteiger partial charge in [-0.2, -0.15) is 0 Å². The molecule has 2 aromatic rings. The summed E-state index contributed by atoms with van der Waals surface area (Å²) in [6.07, 6.45) is 0.885. The molecule has 0 fully saturated rings. The van der Waals surface area contributed by atoms with Crippen LogP contribution in [0.25, 0.3) is 0 Å². The van der Waals surface area contributed by atoms with Crippen LogP contribution in [-0.2, 0) is 6.42 Å². The van der Waals surface area contributed by atoms with Gasteiger partial charge in [-0.25, -0.2) is 4.39 Å². The maximum Gasteiger partial charge on any atom is 0.161 e. The fraction of sp³-hybridized carbons (Fsp3) is 0.400. The van der Waals surface area contributed by atoms with Gasteiger partial charge >= 0.3 is 0 Å². The van der Waals surface area contributed by atoms with E-state index < -0.39 is 0 Å². The second-order valence-corrected chi connectivity index (χ2v) is 5.89. The molecule has 4 nitrogen and oxygen atoms in total. The lowest BCUT2D eigenvalue weighted by molar-refractivity contribution is 0.286. The Kier molecular flexibility index (Phi) is 5.43. The van der Waals surface area contributed by atoms with Crippen LogP contribution in [-0.4, -0.2) is 26.9 Å². The largest absolute Gasteiger partial charge is 0.496 e. The molecular formula is C20H24FNO3. The van der Waals surface area contributed by atoms with E-state index in [1.165, 1.54) is 17.7 Å². The van der Waals surface area contributed by atoms with Crippen molar-refractivity contribution in [3.63, 3.8) is 0 Å². The third-order valence-corrected chi connectivity index (χ3v) is 4.36. The molecule has 0 bridgehead atoms. The molecule has 134 valence electrons. The quantitative estimate of drug-likeness (QED) is 0.863. The van der Waals surface area contributed by atoms with Gasteiger partial charge in [0.05, 0.1) is 26.4 Å². The van der Waals surface area contributed by atoms with Gasteiger partial charge in [0, 0.05) is 12.1 Å². The molecule has 5 heteroatoms. The molecule has 0 amide bonds. The van der Waals surface area contributed by atoms with Gasteiger partial charge in [0.25, 0.3) is 0 Å². The number of nitrogens with one attached hydrogen (secondary N) is 1. The molecule has 0 spiro atoms. The van der Waals surface area contributed by atoms with Crippen molar-refractivity contribution in [2.45, 2.75) is 26.3 Å². The molecular weight excluding hydrogens is 321 g/mol. The molecule has 1 N–H and O–H groups in total. The van der Waals surface area contributed by atoms with Crippen LogP contribution in [0.5, 0.6) is 17.2 Å². The first-order valence-corrected chi connectivity index (χ1v) is 8.67. The van der Waals surface area contributed by atoms with Gasteiger partial charge in [-0.1, -0.05) is 0 Å². The van der Waals surface area contributed by atoms with Crippen molar-refractivity contribution in [1.82, 2.24) is 5.32 Å². The lowest BCUT2D eigenvalue weighted by Crippen LogP contribution is -2.31. The van der Waals surface area contributed by atoms with Crippen LogP contribution in [0.2, 0.25) is 0 Å². The summed E-state index contributed by atoms with van der Waals surface area (Å²) in [5.74, 6) is 1.86. The van der Waals surface area contributed by atoms with Gasteiger partial charge < -0.3 is 19.5 Å². The van der Waals surface area contributed by atoms with Crippen molar-refractivity contribution in [1.29, 1.82) is 0 Å². The average Bonchev–Trinajstić information content (AvgIpc) is 2.62. The number of hydrogen-bond acceptors (Lipinski definition) is 4. The lowest BCUT2D eigenvalue weighted by atomic mass is 9.89. The number of methoxy groups -OCH3 is 1. The Bertz CT molecular complexity index is 748. The van der Waals surface area contributed by atoms with E-state index in [1.54, 1.807) is 13.2 Å². The van der Waals surface area contributed by atoms with E-state index in [1.807, 2.05) is 26.0 Å². The molecule has 0 saturated carbocycles. The minimum Gasteiger partial charge on any atom is -0.496 e. The normalized spacial score (nSPS) is 16.2. The zero-order chi connectivity index (χ0) is 17.8. The van der Waals surface area contributed by atoms with E-state index in [9.17, 15) is 4.39 Å². The van der Waals surface area contributed by atoms with E-state index in [4.69, 9.17) is 14.2 Å². The molecule has 1 heterocycles. The van der Waals surface area contributed by atoms with E-state index in [0.717, 1.165) is 29.8 Å². The van der Waals surface area contributed by atoms with Crippen LogP contribution in [0.3, 0.4) is 0 Å². The number of fused-ring (bicyclic) bond motifs is 1. The Labute approximate surface area is 147 Å². The number of benzene rings is 2. The minimum atomic E-state index is -0.277. The Hall–Kier alpha value is -2.27. The second kappa shape index (κ2) is 7.74. The minimum absolute atomic E-state index is 0.149. The second-order valence-electron chi connectivity index (χ2n) is 5.89. The molecule has 2 aromatic carbocycles. The highest BCUT2D eigenvalue weighted by atomic mass is 19.1. The predicted octanol–water partition coefficient (Wildman–Crippen LogP) is 3.87. The summed E-state index contributed by atoms with van der Waals surface area (Å²) in [5.41, 5.74) is 3.04. The molecule has 1 unspecified atom stereocenters. The van der Waals surface area contributed by atoms with E-state index in [-0.39, 0.29) is 11.9 Å². The van der Waals surface area contributed by atoms with Crippen LogP contribution in [0, 0.1) is 5.82 Å². The first-order valence-electron chi connectivity index (χ1n) is 8.67. The summed E-state index contributed by atoms with van der Waals surface area (Å²) in [4.78, 5) is 0. The summed E-state index contributed by atoms with van der Waals surface area (Å²) in [6.45, 7) is 5.84. The number of hydrogen-bond donors (Lipinski definition) is 1. The number of rotatable bonds is 6. The fourth-order valence-electron chi connectivity index (χ4n) is 3.31. The SMILES string of the molecule is CCOc1cc2c(cc1OCC)C(c1cc(F)ccc1OC)NCC2. The zero-order valence-corrected chi connectivity index (χ0v) is 14.9. The van der Waals surface area contributed by atoms with Crippen LogP contribution >= 0.6 is 0 Å². The topological polar surface area (TPSA) is 39.7 Å². The van der Waals surface area contributed by atoms with Gasteiger partial charge in [0.15, 0.2) is 11.5 Å². The summed E-state index contributed by atoms with van der Waals surface area (Å²) in [6, 6.07) is 8.51. The first kappa shape index (κ1) is 17.5. The summed E-state index contributed by atoms with van der Waals surface area (Å²) < 4.78 is 30.8. The molecule has 0 saturated heterocycles. The molecule has 1 atom stereocenters. The van der Waals surface area contributed by atoms with Gasteiger partial charge in [0.2, 0.25) is 0 Å². The van der Waals surface area contributed by atoms with Crippen molar-refractivity contribution >= 4 is 0 Å². The van der Waals surface area contributed by atoms with E-state index >= 15 is 0 Å². The van der Waals surface area contributed by atoms with E-state index in [2.05, 4.69) is 5.32 Å².